The Morgan fingerprint density at radius 1 is 1.24 bits per heavy atom. The number of nitrogens with one attached hydrogen (secondary N) is 1. The van der Waals surface area contributed by atoms with Gasteiger partial charge in [-0.15, -0.1) is 0 Å². The van der Waals surface area contributed by atoms with Gasteiger partial charge in [0, 0.05) is 25.9 Å². The fourth-order valence-corrected chi connectivity index (χ4v) is 3.28. The average Bonchev–Trinajstić information content (AvgIpc) is 2.81. The molecule has 1 N–H and O–H groups in total. The number of sulfone groups is 1. The SMILES string of the molecule is CC(C)NCc1ccc(S(=O)(=O)N(C)CCS(C)(=O)=O)o1. The second-order valence-corrected chi connectivity index (χ2v) is 9.45. The van der Waals surface area contributed by atoms with Crippen molar-refractivity contribution in [3.05, 3.63) is 17.9 Å². The second kappa shape index (κ2) is 6.91. The number of hydrogen-bond donors (Lipinski definition) is 1. The van der Waals surface area contributed by atoms with Crippen molar-refractivity contribution in [2.45, 2.75) is 31.5 Å². The normalized spacial score (nSPS) is 13.2. The summed E-state index contributed by atoms with van der Waals surface area (Å²) in [6.45, 7) is 4.26. The van der Waals surface area contributed by atoms with E-state index in [1.165, 1.54) is 13.1 Å². The van der Waals surface area contributed by atoms with Gasteiger partial charge in [-0.2, -0.15) is 4.31 Å². The average molecular weight is 338 g/mol. The molecule has 1 aromatic rings. The first-order valence-corrected chi connectivity index (χ1v) is 9.98. The zero-order valence-corrected chi connectivity index (χ0v) is 14.3. The molecule has 0 unspecified atom stereocenters. The predicted octanol–water partition coefficient (Wildman–Crippen LogP) is 0.443. The molecule has 1 rings (SSSR count). The quantitative estimate of drug-likeness (QED) is 0.739. The van der Waals surface area contributed by atoms with Crippen molar-refractivity contribution in [3.8, 4) is 0 Å². The molecule has 0 saturated carbocycles. The highest BCUT2D eigenvalue weighted by Gasteiger charge is 2.25. The highest BCUT2D eigenvalue weighted by molar-refractivity contribution is 7.91. The van der Waals surface area contributed by atoms with Crippen LogP contribution in [0.5, 0.6) is 0 Å². The van der Waals surface area contributed by atoms with Crippen LogP contribution in [0.2, 0.25) is 0 Å². The van der Waals surface area contributed by atoms with Crippen LogP contribution in [0.3, 0.4) is 0 Å². The standard InChI is InChI=1S/C12H22N2O5S2/c1-10(2)13-9-11-5-6-12(19-11)21(17,18)14(3)7-8-20(4,15)16/h5-6,10,13H,7-9H2,1-4H3. The maximum absolute atomic E-state index is 12.2. The highest BCUT2D eigenvalue weighted by atomic mass is 32.2. The van der Waals surface area contributed by atoms with Crippen LogP contribution in [0.25, 0.3) is 0 Å². The highest BCUT2D eigenvalue weighted by Crippen LogP contribution is 2.17. The molecule has 0 spiro atoms. The van der Waals surface area contributed by atoms with E-state index in [2.05, 4.69) is 5.32 Å². The van der Waals surface area contributed by atoms with Gasteiger partial charge in [0.15, 0.2) is 0 Å². The zero-order chi connectivity index (χ0) is 16.3. The molecule has 7 nitrogen and oxygen atoms in total. The van der Waals surface area contributed by atoms with Crippen LogP contribution in [0.4, 0.5) is 0 Å². The van der Waals surface area contributed by atoms with Crippen molar-refractivity contribution in [2.24, 2.45) is 0 Å². The lowest BCUT2D eigenvalue weighted by Crippen LogP contribution is -2.31. The summed E-state index contributed by atoms with van der Waals surface area (Å²) >= 11 is 0. The van der Waals surface area contributed by atoms with Crippen molar-refractivity contribution in [2.75, 3.05) is 25.6 Å². The number of rotatable bonds is 8. The Balaban J connectivity index is 2.78. The molecule has 1 aromatic heterocycles. The van der Waals surface area contributed by atoms with Crippen LogP contribution in [0, 0.1) is 0 Å². The molecule has 0 aliphatic heterocycles. The van der Waals surface area contributed by atoms with Gasteiger partial charge in [0.2, 0.25) is 5.09 Å². The Kier molecular flexibility index (Phi) is 5.97. The number of sulfonamides is 1. The monoisotopic (exact) mass is 338 g/mol. The molecular formula is C12H22N2O5S2. The lowest BCUT2D eigenvalue weighted by Gasteiger charge is -2.14. The van der Waals surface area contributed by atoms with Crippen LogP contribution in [0.1, 0.15) is 19.6 Å². The van der Waals surface area contributed by atoms with E-state index in [1.807, 2.05) is 13.8 Å². The summed E-state index contributed by atoms with van der Waals surface area (Å²) < 4.78 is 52.9. The van der Waals surface area contributed by atoms with Gasteiger partial charge in [0.1, 0.15) is 15.6 Å². The minimum Gasteiger partial charge on any atom is -0.447 e. The zero-order valence-electron chi connectivity index (χ0n) is 12.7. The van der Waals surface area contributed by atoms with Gasteiger partial charge in [-0.3, -0.25) is 0 Å². The first kappa shape index (κ1) is 18.1. The van der Waals surface area contributed by atoms with Crippen molar-refractivity contribution < 1.29 is 21.3 Å². The van der Waals surface area contributed by atoms with Gasteiger partial charge in [-0.25, -0.2) is 16.8 Å². The van der Waals surface area contributed by atoms with Crippen molar-refractivity contribution in [3.63, 3.8) is 0 Å². The molecule has 0 amide bonds. The van der Waals surface area contributed by atoms with E-state index < -0.39 is 19.9 Å². The molecule has 0 radical (unpaired) electrons. The maximum atomic E-state index is 12.2. The van der Waals surface area contributed by atoms with Crippen molar-refractivity contribution in [1.82, 2.24) is 9.62 Å². The van der Waals surface area contributed by atoms with Gasteiger partial charge >= 0.3 is 0 Å². The molecule has 1 heterocycles. The summed E-state index contributed by atoms with van der Waals surface area (Å²) in [6.07, 6.45) is 1.07. The van der Waals surface area contributed by atoms with Gasteiger partial charge in [-0.05, 0) is 12.1 Å². The maximum Gasteiger partial charge on any atom is 0.276 e. The predicted molar refractivity (Wildman–Crippen MR) is 80.2 cm³/mol. The largest absolute Gasteiger partial charge is 0.447 e. The number of furan rings is 1. The van der Waals surface area contributed by atoms with E-state index in [1.54, 1.807) is 6.07 Å². The molecule has 0 fully saturated rings. The molecule has 0 aromatic carbocycles. The van der Waals surface area contributed by atoms with Crippen molar-refractivity contribution in [1.29, 1.82) is 0 Å². The van der Waals surface area contributed by atoms with E-state index in [4.69, 9.17) is 4.42 Å². The summed E-state index contributed by atoms with van der Waals surface area (Å²) in [4.78, 5) is 0. The number of nitrogens with zero attached hydrogens (tertiary/aromatic N) is 1. The summed E-state index contributed by atoms with van der Waals surface area (Å²) in [7, 11) is -5.70. The van der Waals surface area contributed by atoms with Crippen molar-refractivity contribution >= 4 is 19.9 Å². The first-order chi connectivity index (χ1) is 9.52. The number of hydrogen-bond acceptors (Lipinski definition) is 6. The van der Waals surface area contributed by atoms with Crippen LogP contribution >= 0.6 is 0 Å². The topological polar surface area (TPSA) is 96.7 Å². The minimum atomic E-state index is -3.80. The smallest absolute Gasteiger partial charge is 0.276 e. The van der Waals surface area contributed by atoms with Gasteiger partial charge in [0.25, 0.3) is 10.0 Å². The third-order valence-electron chi connectivity index (χ3n) is 2.76. The Bertz CT molecular complexity index is 662. The van der Waals surface area contributed by atoms with E-state index in [-0.39, 0.29) is 23.4 Å². The molecule has 0 atom stereocenters. The lowest BCUT2D eigenvalue weighted by molar-refractivity contribution is 0.379. The Morgan fingerprint density at radius 2 is 1.86 bits per heavy atom. The van der Waals surface area contributed by atoms with Gasteiger partial charge in [-0.1, -0.05) is 13.8 Å². The summed E-state index contributed by atoms with van der Waals surface area (Å²) in [5, 5.41) is 2.94. The van der Waals surface area contributed by atoms with Crippen LogP contribution in [0.15, 0.2) is 21.6 Å². The fourth-order valence-electron chi connectivity index (χ4n) is 1.46. The molecule has 0 aliphatic rings. The molecule has 9 heteroatoms. The summed E-state index contributed by atoms with van der Waals surface area (Å²) in [5.41, 5.74) is 0. The molecule has 21 heavy (non-hydrogen) atoms. The third-order valence-corrected chi connectivity index (χ3v) is 5.42. The molecular weight excluding hydrogens is 316 g/mol. The lowest BCUT2D eigenvalue weighted by atomic mass is 10.3. The van der Waals surface area contributed by atoms with Gasteiger partial charge < -0.3 is 9.73 Å². The molecule has 0 bridgehead atoms. The van der Waals surface area contributed by atoms with E-state index in [0.717, 1.165) is 10.6 Å². The van der Waals surface area contributed by atoms with E-state index >= 15 is 0 Å². The van der Waals surface area contributed by atoms with Crippen LogP contribution < -0.4 is 5.32 Å². The molecule has 122 valence electrons. The summed E-state index contributed by atoms with van der Waals surface area (Å²) in [5.74, 6) is 0.282. The van der Waals surface area contributed by atoms with Crippen LogP contribution in [-0.2, 0) is 26.4 Å². The first-order valence-electron chi connectivity index (χ1n) is 6.48. The Hall–Kier alpha value is -0.900. The second-order valence-electron chi connectivity index (χ2n) is 5.21. The minimum absolute atomic E-state index is 0.110. The molecule has 0 saturated heterocycles. The van der Waals surface area contributed by atoms with Gasteiger partial charge in [0.05, 0.1) is 12.3 Å². The molecule has 0 aliphatic carbocycles. The fraction of sp³-hybridized carbons (Fsp3) is 0.667. The van der Waals surface area contributed by atoms with Crippen LogP contribution in [-0.4, -0.2) is 52.8 Å². The van der Waals surface area contributed by atoms with E-state index in [0.29, 0.717) is 12.3 Å². The van der Waals surface area contributed by atoms with E-state index in [9.17, 15) is 16.8 Å². The summed E-state index contributed by atoms with van der Waals surface area (Å²) in [6, 6.07) is 3.23. The third kappa shape index (κ3) is 5.77. The Morgan fingerprint density at radius 3 is 2.38 bits per heavy atom. The Labute approximate surface area is 126 Å².